The van der Waals surface area contributed by atoms with Crippen LogP contribution in [0.2, 0.25) is 0 Å². The van der Waals surface area contributed by atoms with Crippen LogP contribution in [0.5, 0.6) is 0 Å². The van der Waals surface area contributed by atoms with Gasteiger partial charge in [-0.25, -0.2) is 13.4 Å². The number of pyridine rings is 1. The predicted octanol–water partition coefficient (Wildman–Crippen LogP) is 3.32. The fourth-order valence-corrected chi connectivity index (χ4v) is 4.59. The molecule has 22 heavy (non-hydrogen) atoms. The summed E-state index contributed by atoms with van der Waals surface area (Å²) in [5.41, 5.74) is 0.493. The molecule has 0 bridgehead atoms. The first kappa shape index (κ1) is 15.3. The van der Waals surface area contributed by atoms with Crippen molar-refractivity contribution in [2.75, 3.05) is 22.7 Å². The van der Waals surface area contributed by atoms with Crippen LogP contribution < -0.4 is 9.62 Å². The summed E-state index contributed by atoms with van der Waals surface area (Å²) < 4.78 is 27.2. The summed E-state index contributed by atoms with van der Waals surface area (Å²) in [5.74, 6) is 0.918. The molecule has 118 valence electrons. The second kappa shape index (κ2) is 6.66. The Hall–Kier alpha value is -1.60. The van der Waals surface area contributed by atoms with Crippen LogP contribution in [0.1, 0.15) is 25.7 Å². The second-order valence-corrected chi connectivity index (χ2v) is 8.20. The van der Waals surface area contributed by atoms with E-state index in [-0.39, 0.29) is 0 Å². The van der Waals surface area contributed by atoms with Gasteiger partial charge in [0.25, 0.3) is 10.0 Å². The molecule has 1 aliphatic heterocycles. The Kier molecular flexibility index (Phi) is 4.63. The molecular weight excluding hydrogens is 318 g/mol. The number of anilines is 2. The summed E-state index contributed by atoms with van der Waals surface area (Å²) in [6, 6.07) is 6.97. The van der Waals surface area contributed by atoms with E-state index in [0.29, 0.717) is 9.90 Å². The maximum absolute atomic E-state index is 12.2. The molecule has 0 unspecified atom stereocenters. The van der Waals surface area contributed by atoms with E-state index >= 15 is 0 Å². The summed E-state index contributed by atoms with van der Waals surface area (Å²) in [5, 5.41) is 1.75. The average Bonchev–Trinajstić information content (AvgIpc) is 2.92. The minimum atomic E-state index is -3.50. The zero-order valence-corrected chi connectivity index (χ0v) is 13.9. The summed E-state index contributed by atoms with van der Waals surface area (Å²) in [6.45, 7) is 2.04. The first-order chi connectivity index (χ1) is 10.6. The van der Waals surface area contributed by atoms with Gasteiger partial charge < -0.3 is 4.90 Å². The van der Waals surface area contributed by atoms with E-state index in [1.165, 1.54) is 37.0 Å². The molecule has 0 aromatic carbocycles. The highest BCUT2D eigenvalue weighted by Crippen LogP contribution is 2.22. The predicted molar refractivity (Wildman–Crippen MR) is 90.0 cm³/mol. The fraction of sp³-hybridized carbons (Fsp3) is 0.400. The van der Waals surface area contributed by atoms with Gasteiger partial charge in [0, 0.05) is 13.1 Å². The molecule has 2 aromatic rings. The topological polar surface area (TPSA) is 62.3 Å². The van der Waals surface area contributed by atoms with E-state index < -0.39 is 10.0 Å². The van der Waals surface area contributed by atoms with Crippen LogP contribution >= 0.6 is 11.3 Å². The van der Waals surface area contributed by atoms with Crippen molar-refractivity contribution in [1.82, 2.24) is 4.98 Å². The van der Waals surface area contributed by atoms with Crippen molar-refractivity contribution < 1.29 is 8.42 Å². The van der Waals surface area contributed by atoms with Gasteiger partial charge in [-0.15, -0.1) is 11.3 Å². The Morgan fingerprint density at radius 3 is 2.45 bits per heavy atom. The molecule has 0 amide bonds. The van der Waals surface area contributed by atoms with E-state index in [0.717, 1.165) is 18.9 Å². The Labute approximate surface area is 135 Å². The van der Waals surface area contributed by atoms with Crippen LogP contribution in [0.3, 0.4) is 0 Å². The molecule has 0 aliphatic carbocycles. The van der Waals surface area contributed by atoms with Crippen molar-refractivity contribution in [1.29, 1.82) is 0 Å². The molecule has 3 heterocycles. The van der Waals surface area contributed by atoms with Crippen molar-refractivity contribution in [3.05, 3.63) is 35.8 Å². The molecule has 5 nitrogen and oxygen atoms in total. The van der Waals surface area contributed by atoms with Gasteiger partial charge in [-0.3, -0.25) is 4.72 Å². The smallest absolute Gasteiger partial charge is 0.271 e. The number of aromatic nitrogens is 1. The van der Waals surface area contributed by atoms with Crippen molar-refractivity contribution in [2.45, 2.75) is 29.9 Å². The lowest BCUT2D eigenvalue weighted by molar-refractivity contribution is 0.603. The highest BCUT2D eigenvalue weighted by molar-refractivity contribution is 7.94. The Bertz CT molecular complexity index is 689. The molecule has 3 rings (SSSR count). The van der Waals surface area contributed by atoms with Crippen LogP contribution in [-0.2, 0) is 10.0 Å². The van der Waals surface area contributed by atoms with Gasteiger partial charge in [-0.1, -0.05) is 18.9 Å². The Balaban J connectivity index is 1.71. The molecule has 0 radical (unpaired) electrons. The van der Waals surface area contributed by atoms with Gasteiger partial charge >= 0.3 is 0 Å². The zero-order valence-electron chi connectivity index (χ0n) is 12.2. The third kappa shape index (κ3) is 3.59. The maximum Gasteiger partial charge on any atom is 0.271 e. The Morgan fingerprint density at radius 1 is 1.09 bits per heavy atom. The van der Waals surface area contributed by atoms with Gasteiger partial charge in [-0.2, -0.15) is 0 Å². The van der Waals surface area contributed by atoms with Crippen LogP contribution in [0.15, 0.2) is 40.1 Å². The molecule has 0 saturated carbocycles. The third-order valence-corrected chi connectivity index (χ3v) is 6.47. The second-order valence-electron chi connectivity index (χ2n) is 5.34. The van der Waals surface area contributed by atoms with Crippen molar-refractivity contribution in [3.63, 3.8) is 0 Å². The number of nitrogens with one attached hydrogen (secondary N) is 1. The normalized spacial score (nSPS) is 16.3. The number of hydrogen-bond acceptors (Lipinski definition) is 5. The minimum Gasteiger partial charge on any atom is -0.357 e. The molecule has 2 aromatic heterocycles. The summed E-state index contributed by atoms with van der Waals surface area (Å²) in [6.07, 6.45) is 6.51. The fourth-order valence-electron chi connectivity index (χ4n) is 2.56. The van der Waals surface area contributed by atoms with Crippen LogP contribution in [-0.4, -0.2) is 26.5 Å². The van der Waals surface area contributed by atoms with E-state index in [1.54, 1.807) is 29.8 Å². The van der Waals surface area contributed by atoms with Gasteiger partial charge in [0.15, 0.2) is 0 Å². The van der Waals surface area contributed by atoms with Crippen LogP contribution in [0, 0.1) is 0 Å². The molecule has 7 heteroatoms. The van der Waals surface area contributed by atoms with Crippen molar-refractivity contribution >= 4 is 32.9 Å². The van der Waals surface area contributed by atoms with Gasteiger partial charge in [-0.05, 0) is 36.4 Å². The zero-order chi connectivity index (χ0) is 15.4. The molecule has 1 N–H and O–H groups in total. The van der Waals surface area contributed by atoms with E-state index in [1.807, 2.05) is 6.07 Å². The number of nitrogens with zero attached hydrogens (tertiary/aromatic N) is 2. The minimum absolute atomic E-state index is 0.309. The number of thiophene rings is 1. The van der Waals surface area contributed by atoms with E-state index in [2.05, 4.69) is 14.6 Å². The van der Waals surface area contributed by atoms with Crippen molar-refractivity contribution in [2.24, 2.45) is 0 Å². The number of rotatable bonds is 4. The van der Waals surface area contributed by atoms with Gasteiger partial charge in [0.1, 0.15) is 10.0 Å². The van der Waals surface area contributed by atoms with Crippen LogP contribution in [0.25, 0.3) is 0 Å². The maximum atomic E-state index is 12.2. The van der Waals surface area contributed by atoms with Crippen LogP contribution in [0.4, 0.5) is 11.5 Å². The summed E-state index contributed by atoms with van der Waals surface area (Å²) in [4.78, 5) is 6.68. The SMILES string of the molecule is O=S(=O)(Nc1ccc(N2CCCCCC2)nc1)c1cccs1. The van der Waals surface area contributed by atoms with E-state index in [9.17, 15) is 8.42 Å². The van der Waals surface area contributed by atoms with Gasteiger partial charge in [0.05, 0.1) is 11.9 Å². The highest BCUT2D eigenvalue weighted by Gasteiger charge is 2.16. The largest absolute Gasteiger partial charge is 0.357 e. The van der Waals surface area contributed by atoms with E-state index in [4.69, 9.17) is 0 Å². The number of sulfonamides is 1. The highest BCUT2D eigenvalue weighted by atomic mass is 32.2. The monoisotopic (exact) mass is 337 g/mol. The standard InChI is InChI=1S/C15H19N3O2S2/c19-22(20,15-6-5-11-21-15)17-13-7-8-14(16-12-13)18-9-3-1-2-4-10-18/h5-8,11-12,17H,1-4,9-10H2. The molecule has 0 spiro atoms. The third-order valence-electron chi connectivity index (χ3n) is 3.69. The molecule has 0 atom stereocenters. The summed E-state index contributed by atoms with van der Waals surface area (Å²) in [7, 11) is -3.50. The first-order valence-electron chi connectivity index (χ1n) is 7.42. The lowest BCUT2D eigenvalue weighted by Crippen LogP contribution is -2.24. The number of hydrogen-bond donors (Lipinski definition) is 1. The lowest BCUT2D eigenvalue weighted by atomic mass is 10.2. The molecule has 1 aliphatic rings. The molecule has 1 fully saturated rings. The molecular formula is C15H19N3O2S2. The Morgan fingerprint density at radius 2 is 1.86 bits per heavy atom. The first-order valence-corrected chi connectivity index (χ1v) is 9.79. The lowest BCUT2D eigenvalue weighted by Gasteiger charge is -2.21. The molecule has 1 saturated heterocycles. The summed E-state index contributed by atoms with van der Waals surface area (Å²) >= 11 is 1.20. The van der Waals surface area contributed by atoms with Gasteiger partial charge in [0.2, 0.25) is 0 Å². The quantitative estimate of drug-likeness (QED) is 0.929. The average molecular weight is 337 g/mol. The van der Waals surface area contributed by atoms with Crippen molar-refractivity contribution in [3.8, 4) is 0 Å².